The summed E-state index contributed by atoms with van der Waals surface area (Å²) in [4.78, 5) is 62.3. The van der Waals surface area contributed by atoms with E-state index in [-0.39, 0.29) is 5.69 Å². The molecule has 0 fully saturated rings. The lowest BCUT2D eigenvalue weighted by Crippen LogP contribution is -2.37. The number of pyridine rings is 1. The van der Waals surface area contributed by atoms with Crippen LogP contribution in [0.2, 0.25) is 0 Å². The van der Waals surface area contributed by atoms with Gasteiger partial charge in [-0.3, -0.25) is 24.5 Å². The van der Waals surface area contributed by atoms with Crippen LogP contribution in [0, 0.1) is 41.5 Å². The molecule has 5 rings (SSSR count). The molecule has 2 aromatic carbocycles. The molecule has 0 aliphatic heterocycles. The number of H-pyrrole nitrogens is 2. The van der Waals surface area contributed by atoms with Crippen molar-refractivity contribution in [3.8, 4) is 23.1 Å². The summed E-state index contributed by atoms with van der Waals surface area (Å²) in [7, 11) is 0. The minimum atomic E-state index is -1.50. The molecule has 0 amide bonds. The smallest absolute Gasteiger partial charge is 0.335 e. The molecule has 3 aromatic heterocycles. The van der Waals surface area contributed by atoms with Crippen molar-refractivity contribution in [3.63, 3.8) is 0 Å². The molecule has 0 spiro atoms. The maximum absolute atomic E-state index is 13.5. The number of hydrogen-bond acceptors (Lipinski definition) is 7. The topological polar surface area (TPSA) is 163 Å². The Balaban J connectivity index is 1.92. The van der Waals surface area contributed by atoms with Crippen molar-refractivity contribution in [1.82, 2.24) is 24.1 Å². The van der Waals surface area contributed by atoms with Gasteiger partial charge in [-0.05, 0) is 75.9 Å². The molecular weight excluding hydrogens is 550 g/mol. The molecule has 0 unspecified atom stereocenters. The zero-order valence-electron chi connectivity index (χ0n) is 24.6. The van der Waals surface area contributed by atoms with E-state index in [1.165, 1.54) is 12.3 Å². The first kappa shape index (κ1) is 29.1. The van der Waals surface area contributed by atoms with Crippen LogP contribution in [0.1, 0.15) is 56.1 Å². The molecule has 43 heavy (non-hydrogen) atoms. The first-order chi connectivity index (χ1) is 20.3. The van der Waals surface area contributed by atoms with Crippen molar-refractivity contribution in [2.75, 3.05) is 0 Å². The maximum atomic E-state index is 13.5. The van der Waals surface area contributed by atoms with E-state index < -0.39 is 51.3 Å². The van der Waals surface area contributed by atoms with Crippen LogP contribution >= 0.6 is 0 Å². The average molecular weight is 582 g/mol. The van der Waals surface area contributed by atoms with Crippen molar-refractivity contribution in [1.29, 1.82) is 0 Å². The molecule has 0 saturated heterocycles. The van der Waals surface area contributed by atoms with Crippen molar-refractivity contribution in [3.05, 3.63) is 141 Å². The minimum Gasteiger partial charge on any atom is -0.494 e. The summed E-state index contributed by atoms with van der Waals surface area (Å²) in [5.74, 6) is -2.97. The van der Waals surface area contributed by atoms with Crippen molar-refractivity contribution >= 4 is 0 Å². The fourth-order valence-corrected chi connectivity index (χ4v) is 6.05. The van der Waals surface area contributed by atoms with E-state index in [1.54, 1.807) is 39.8 Å². The molecule has 4 N–H and O–H groups in total. The number of aromatic nitrogens is 5. The maximum Gasteiger partial charge on any atom is 0.335 e. The Morgan fingerprint density at radius 1 is 0.651 bits per heavy atom. The van der Waals surface area contributed by atoms with Gasteiger partial charge in [0.2, 0.25) is 11.8 Å². The normalized spacial score (nSPS) is 11.3. The quantitative estimate of drug-likeness (QED) is 0.248. The van der Waals surface area contributed by atoms with Crippen LogP contribution in [0.25, 0.3) is 11.4 Å². The van der Waals surface area contributed by atoms with Crippen LogP contribution < -0.4 is 22.5 Å². The summed E-state index contributed by atoms with van der Waals surface area (Å²) < 4.78 is 1.93. The van der Waals surface area contributed by atoms with Gasteiger partial charge >= 0.3 is 11.4 Å². The predicted octanol–water partition coefficient (Wildman–Crippen LogP) is 3.20. The zero-order valence-corrected chi connectivity index (χ0v) is 24.6. The van der Waals surface area contributed by atoms with E-state index in [2.05, 4.69) is 15.0 Å². The van der Waals surface area contributed by atoms with Crippen LogP contribution in [0.4, 0.5) is 0 Å². The second-order valence-corrected chi connectivity index (χ2v) is 10.8. The van der Waals surface area contributed by atoms with Gasteiger partial charge in [-0.2, -0.15) is 0 Å². The summed E-state index contributed by atoms with van der Waals surface area (Å²) >= 11 is 0. The van der Waals surface area contributed by atoms with E-state index in [9.17, 15) is 29.4 Å². The molecule has 11 heteroatoms. The Hall–Kier alpha value is -5.45. The molecule has 0 radical (unpaired) electrons. The SMILES string of the molecule is Cc1cc(C)c(-n2c(O)c(C(c3ccccn3)c3c(O)n(-c4c(C)cc(C)cc4C)c(=O)[nH]c3=O)c(=O)[nH]c2=O)c(C)c1. The average Bonchev–Trinajstić information content (AvgIpc) is 2.90. The number of benzene rings is 2. The third-order valence-electron chi connectivity index (χ3n) is 7.52. The summed E-state index contributed by atoms with van der Waals surface area (Å²) in [6.45, 7) is 10.8. The lowest BCUT2D eigenvalue weighted by molar-refractivity contribution is 0.410. The summed E-state index contributed by atoms with van der Waals surface area (Å²) in [5.41, 5.74) is 0.685. The van der Waals surface area contributed by atoms with Gasteiger partial charge in [0.15, 0.2) is 0 Å². The third kappa shape index (κ3) is 4.88. The molecule has 5 aromatic rings. The number of aromatic hydroxyl groups is 2. The molecule has 3 heterocycles. The van der Waals surface area contributed by atoms with E-state index in [1.807, 2.05) is 38.1 Å². The lowest BCUT2D eigenvalue weighted by atomic mass is 9.89. The Morgan fingerprint density at radius 2 is 1.05 bits per heavy atom. The van der Waals surface area contributed by atoms with Gasteiger partial charge in [0.25, 0.3) is 11.1 Å². The molecule has 0 aliphatic carbocycles. The molecule has 0 bridgehead atoms. The number of nitrogens with one attached hydrogen (secondary N) is 2. The van der Waals surface area contributed by atoms with Gasteiger partial charge in [-0.1, -0.05) is 41.5 Å². The van der Waals surface area contributed by atoms with E-state index in [4.69, 9.17) is 0 Å². The monoisotopic (exact) mass is 581 g/mol. The van der Waals surface area contributed by atoms with Gasteiger partial charge in [0.1, 0.15) is 0 Å². The largest absolute Gasteiger partial charge is 0.494 e. The van der Waals surface area contributed by atoms with Crippen molar-refractivity contribution < 1.29 is 10.2 Å². The summed E-state index contributed by atoms with van der Waals surface area (Å²) in [6.07, 6.45) is 1.42. The first-order valence-corrected chi connectivity index (χ1v) is 13.6. The molecule has 220 valence electrons. The lowest BCUT2D eigenvalue weighted by Gasteiger charge is -2.23. The first-order valence-electron chi connectivity index (χ1n) is 13.6. The van der Waals surface area contributed by atoms with Gasteiger partial charge in [-0.25, -0.2) is 18.7 Å². The second kappa shape index (κ2) is 10.8. The molecule has 0 saturated carbocycles. The highest BCUT2D eigenvalue weighted by Gasteiger charge is 2.34. The fourth-order valence-electron chi connectivity index (χ4n) is 6.05. The molecule has 0 aliphatic rings. The zero-order chi connectivity index (χ0) is 31.3. The van der Waals surface area contributed by atoms with E-state index >= 15 is 0 Å². The molecular formula is C32H31N5O6. The van der Waals surface area contributed by atoms with Gasteiger partial charge in [0.05, 0.1) is 34.1 Å². The summed E-state index contributed by atoms with van der Waals surface area (Å²) in [6, 6.07) is 12.1. The van der Waals surface area contributed by atoms with Crippen molar-refractivity contribution in [2.24, 2.45) is 0 Å². The van der Waals surface area contributed by atoms with Gasteiger partial charge in [-0.15, -0.1) is 0 Å². The molecule has 11 nitrogen and oxygen atoms in total. The second-order valence-electron chi connectivity index (χ2n) is 10.8. The summed E-state index contributed by atoms with van der Waals surface area (Å²) in [5, 5.41) is 23.4. The van der Waals surface area contributed by atoms with Crippen LogP contribution in [0.3, 0.4) is 0 Å². The molecule has 0 atom stereocenters. The third-order valence-corrected chi connectivity index (χ3v) is 7.52. The highest BCUT2D eigenvalue weighted by molar-refractivity contribution is 5.56. The van der Waals surface area contributed by atoms with Crippen LogP contribution in [-0.4, -0.2) is 34.3 Å². The van der Waals surface area contributed by atoms with Crippen molar-refractivity contribution in [2.45, 2.75) is 47.5 Å². The predicted molar refractivity (Wildman–Crippen MR) is 162 cm³/mol. The standard InChI is InChI=1S/C32H31N5O6/c1-15-11-17(3)25(18(4)12-15)36-29(40)23(27(38)34-31(36)42)22(21-9-7-8-10-33-21)24-28(39)35-32(43)37(30(24)41)26-19(5)13-16(2)14-20(26)6/h7-14,22,40-41H,1-6H3,(H,34,38,42)(H,35,39,43). The van der Waals surface area contributed by atoms with Gasteiger partial charge < -0.3 is 10.2 Å². The van der Waals surface area contributed by atoms with Crippen LogP contribution in [0.15, 0.2) is 67.8 Å². The number of aromatic amines is 2. The van der Waals surface area contributed by atoms with Gasteiger partial charge in [0, 0.05) is 6.20 Å². The Kier molecular flexibility index (Phi) is 7.26. The number of rotatable bonds is 5. The van der Waals surface area contributed by atoms with E-state index in [0.29, 0.717) is 33.6 Å². The highest BCUT2D eigenvalue weighted by atomic mass is 16.3. The highest BCUT2D eigenvalue weighted by Crippen LogP contribution is 2.37. The van der Waals surface area contributed by atoms with E-state index in [0.717, 1.165) is 20.3 Å². The Bertz CT molecular complexity index is 1970. The fraction of sp³-hybridized carbons (Fsp3) is 0.219. The Labute approximate surface area is 245 Å². The van der Waals surface area contributed by atoms with Crippen LogP contribution in [-0.2, 0) is 0 Å². The number of hydrogen-bond donors (Lipinski definition) is 4. The Morgan fingerprint density at radius 3 is 1.40 bits per heavy atom. The number of aryl methyl sites for hydroxylation is 6. The number of nitrogens with zero attached hydrogens (tertiary/aromatic N) is 3. The van der Waals surface area contributed by atoms with Crippen LogP contribution in [0.5, 0.6) is 11.8 Å². The minimum absolute atomic E-state index is 0.106.